The van der Waals surface area contributed by atoms with Crippen LogP contribution in [0.1, 0.15) is 51.7 Å². The van der Waals surface area contributed by atoms with Crippen molar-refractivity contribution in [3.63, 3.8) is 0 Å². The van der Waals surface area contributed by atoms with E-state index in [2.05, 4.69) is 60.7 Å². The lowest BCUT2D eigenvalue weighted by Crippen LogP contribution is -2.38. The molecular formula is C20H35N3O. The summed E-state index contributed by atoms with van der Waals surface area (Å²) >= 11 is 0. The van der Waals surface area contributed by atoms with Gasteiger partial charge in [-0.05, 0) is 42.7 Å². The monoisotopic (exact) mass is 333 g/mol. The molecule has 0 aromatic heterocycles. The molecule has 0 saturated heterocycles. The average molecular weight is 334 g/mol. The number of nitrogens with one attached hydrogen (secondary N) is 2. The minimum atomic E-state index is 0.213. The molecule has 4 nitrogen and oxygen atoms in total. The first-order valence-electron chi connectivity index (χ1n) is 9.09. The lowest BCUT2D eigenvalue weighted by Gasteiger charge is -2.19. The fourth-order valence-electron chi connectivity index (χ4n) is 2.40. The normalized spacial score (nSPS) is 12.3. The maximum absolute atomic E-state index is 5.34. The van der Waals surface area contributed by atoms with Crippen LogP contribution in [0.4, 0.5) is 0 Å². The molecule has 0 aliphatic heterocycles. The average Bonchev–Trinajstić information content (AvgIpc) is 2.56. The van der Waals surface area contributed by atoms with E-state index < -0.39 is 0 Å². The molecule has 1 aromatic carbocycles. The third kappa shape index (κ3) is 8.34. The van der Waals surface area contributed by atoms with Crippen LogP contribution in [0.2, 0.25) is 0 Å². The van der Waals surface area contributed by atoms with E-state index in [1.807, 2.05) is 14.0 Å². The fourth-order valence-corrected chi connectivity index (χ4v) is 2.40. The molecule has 0 aliphatic rings. The molecule has 0 radical (unpaired) electrons. The summed E-state index contributed by atoms with van der Waals surface area (Å²) in [5, 5.41) is 6.72. The Labute approximate surface area is 148 Å². The van der Waals surface area contributed by atoms with E-state index in [1.54, 1.807) is 0 Å². The topological polar surface area (TPSA) is 45.6 Å². The number of unbranched alkanes of at least 4 members (excludes halogenated alkanes) is 1. The molecule has 0 saturated carbocycles. The van der Waals surface area contributed by atoms with Gasteiger partial charge in [-0.25, -0.2) is 0 Å². The molecule has 24 heavy (non-hydrogen) atoms. The van der Waals surface area contributed by atoms with Crippen molar-refractivity contribution in [3.05, 3.63) is 35.4 Å². The predicted molar refractivity (Wildman–Crippen MR) is 104 cm³/mol. The minimum absolute atomic E-state index is 0.213. The van der Waals surface area contributed by atoms with Crippen molar-refractivity contribution in [1.82, 2.24) is 10.6 Å². The molecule has 0 atom stereocenters. The van der Waals surface area contributed by atoms with Crippen molar-refractivity contribution in [1.29, 1.82) is 0 Å². The number of aliphatic imine (C=N–C) groups is 1. The first-order chi connectivity index (χ1) is 11.5. The summed E-state index contributed by atoms with van der Waals surface area (Å²) in [6.45, 7) is 12.2. The summed E-state index contributed by atoms with van der Waals surface area (Å²) in [6, 6.07) is 8.93. The van der Waals surface area contributed by atoms with Crippen molar-refractivity contribution in [3.8, 4) is 0 Å². The first kappa shape index (κ1) is 20.5. The van der Waals surface area contributed by atoms with Crippen LogP contribution in [-0.4, -0.2) is 39.3 Å². The zero-order valence-electron chi connectivity index (χ0n) is 16.1. The van der Waals surface area contributed by atoms with Crippen molar-refractivity contribution >= 4 is 5.96 Å². The van der Waals surface area contributed by atoms with Gasteiger partial charge in [0.2, 0.25) is 0 Å². The molecule has 0 fully saturated rings. The number of rotatable bonds is 9. The highest BCUT2D eigenvalue weighted by Gasteiger charge is 2.12. The summed E-state index contributed by atoms with van der Waals surface area (Å²) in [5.41, 5.74) is 2.94. The molecule has 0 spiro atoms. The molecule has 136 valence electrons. The molecule has 2 N–H and O–H groups in total. The van der Waals surface area contributed by atoms with Crippen LogP contribution in [0.3, 0.4) is 0 Å². The summed E-state index contributed by atoms with van der Waals surface area (Å²) in [4.78, 5) is 4.26. The van der Waals surface area contributed by atoms with Gasteiger partial charge in [-0.15, -0.1) is 0 Å². The van der Waals surface area contributed by atoms with Crippen LogP contribution in [0.15, 0.2) is 29.3 Å². The Morgan fingerprint density at radius 3 is 2.29 bits per heavy atom. The lowest BCUT2D eigenvalue weighted by molar-refractivity contribution is 0.143. The Hall–Kier alpha value is -1.55. The first-order valence-corrected chi connectivity index (χ1v) is 9.09. The molecule has 0 bridgehead atoms. The highest BCUT2D eigenvalue weighted by atomic mass is 16.5. The number of guanidine groups is 1. The maximum Gasteiger partial charge on any atom is 0.190 e. The van der Waals surface area contributed by atoms with E-state index in [4.69, 9.17) is 4.74 Å². The molecule has 0 heterocycles. The van der Waals surface area contributed by atoms with Gasteiger partial charge >= 0.3 is 0 Å². The van der Waals surface area contributed by atoms with E-state index in [0.717, 1.165) is 51.5 Å². The summed E-state index contributed by atoms with van der Waals surface area (Å²) in [7, 11) is 1.81. The summed E-state index contributed by atoms with van der Waals surface area (Å²) in [5.74, 6) is 0.873. The van der Waals surface area contributed by atoms with Crippen LogP contribution in [0.25, 0.3) is 0 Å². The second kappa shape index (κ2) is 11.1. The highest BCUT2D eigenvalue weighted by molar-refractivity contribution is 5.79. The SMILES string of the molecule is CCOCCCCNC(=NC)NCCc1ccc(C(C)(C)C)cc1. The van der Waals surface area contributed by atoms with Gasteiger partial charge in [0.1, 0.15) is 0 Å². The van der Waals surface area contributed by atoms with Gasteiger partial charge in [0.25, 0.3) is 0 Å². The van der Waals surface area contributed by atoms with E-state index in [-0.39, 0.29) is 5.41 Å². The smallest absolute Gasteiger partial charge is 0.190 e. The van der Waals surface area contributed by atoms with Gasteiger partial charge < -0.3 is 15.4 Å². The van der Waals surface area contributed by atoms with Gasteiger partial charge in [-0.1, -0.05) is 45.0 Å². The van der Waals surface area contributed by atoms with Gasteiger partial charge in [0.05, 0.1) is 0 Å². The van der Waals surface area contributed by atoms with E-state index in [0.29, 0.717) is 0 Å². The van der Waals surface area contributed by atoms with Crippen LogP contribution in [0.5, 0.6) is 0 Å². The minimum Gasteiger partial charge on any atom is -0.382 e. The van der Waals surface area contributed by atoms with Gasteiger partial charge in [-0.3, -0.25) is 4.99 Å². The molecule has 0 amide bonds. The Kier molecular flexibility index (Phi) is 9.46. The summed E-state index contributed by atoms with van der Waals surface area (Å²) < 4.78 is 5.34. The zero-order valence-corrected chi connectivity index (χ0v) is 16.1. The van der Waals surface area contributed by atoms with E-state index in [9.17, 15) is 0 Å². The largest absolute Gasteiger partial charge is 0.382 e. The zero-order chi connectivity index (χ0) is 17.8. The van der Waals surface area contributed by atoms with E-state index in [1.165, 1.54) is 11.1 Å². The molecule has 0 aliphatic carbocycles. The van der Waals surface area contributed by atoms with Crippen molar-refractivity contribution in [2.75, 3.05) is 33.4 Å². The van der Waals surface area contributed by atoms with Crippen LogP contribution >= 0.6 is 0 Å². The number of hydrogen-bond donors (Lipinski definition) is 2. The Morgan fingerprint density at radius 1 is 1.04 bits per heavy atom. The molecule has 4 heteroatoms. The van der Waals surface area contributed by atoms with Gasteiger partial charge in [0.15, 0.2) is 5.96 Å². The lowest BCUT2D eigenvalue weighted by atomic mass is 9.86. The molecular weight excluding hydrogens is 298 g/mol. The van der Waals surface area contributed by atoms with Crippen LogP contribution < -0.4 is 10.6 Å². The quantitative estimate of drug-likeness (QED) is 0.413. The third-order valence-corrected chi connectivity index (χ3v) is 3.96. The second-order valence-electron chi connectivity index (χ2n) is 7.03. The number of hydrogen-bond acceptors (Lipinski definition) is 2. The van der Waals surface area contributed by atoms with Crippen molar-refractivity contribution in [2.45, 2.75) is 52.4 Å². The molecule has 0 unspecified atom stereocenters. The van der Waals surface area contributed by atoms with Crippen molar-refractivity contribution < 1.29 is 4.74 Å². The Balaban J connectivity index is 2.24. The number of benzene rings is 1. The van der Waals surface area contributed by atoms with E-state index >= 15 is 0 Å². The standard InChI is InChI=1S/C20H35N3O/c1-6-24-16-8-7-14-22-19(21-5)23-15-13-17-9-11-18(12-10-17)20(2,3)4/h9-12H,6-8,13-16H2,1-5H3,(H2,21,22,23). The Morgan fingerprint density at radius 2 is 1.71 bits per heavy atom. The fraction of sp³-hybridized carbons (Fsp3) is 0.650. The summed E-state index contributed by atoms with van der Waals surface area (Å²) in [6.07, 6.45) is 3.17. The van der Waals surface area contributed by atoms with Gasteiger partial charge in [0, 0.05) is 33.4 Å². The van der Waals surface area contributed by atoms with Crippen LogP contribution in [-0.2, 0) is 16.6 Å². The van der Waals surface area contributed by atoms with Crippen molar-refractivity contribution in [2.24, 2.45) is 4.99 Å². The maximum atomic E-state index is 5.34. The highest BCUT2D eigenvalue weighted by Crippen LogP contribution is 2.22. The van der Waals surface area contributed by atoms with Gasteiger partial charge in [-0.2, -0.15) is 0 Å². The second-order valence-corrected chi connectivity index (χ2v) is 7.03. The molecule has 1 aromatic rings. The molecule has 1 rings (SSSR count). The van der Waals surface area contributed by atoms with Crippen LogP contribution in [0, 0.1) is 0 Å². The Bertz CT molecular complexity index is 475. The number of ether oxygens (including phenoxy) is 1. The predicted octanol–water partition coefficient (Wildman–Crippen LogP) is 3.51. The number of nitrogens with zero attached hydrogens (tertiary/aromatic N) is 1. The third-order valence-electron chi connectivity index (χ3n) is 3.96.